The molecule has 2 aromatic carbocycles. The largest absolute Gasteiger partial charge is 0.504 e. The third-order valence-electron chi connectivity index (χ3n) is 2.09. The van der Waals surface area contributed by atoms with Crippen LogP contribution in [0.2, 0.25) is 20.1 Å². The molecule has 0 fully saturated rings. The normalized spacial score (nSPS) is 10.4. The smallest absolute Gasteiger partial charge is 0.187 e. The second-order valence-electron chi connectivity index (χ2n) is 3.41. The summed E-state index contributed by atoms with van der Waals surface area (Å²) in [5.74, 6) is 0.254. The highest BCUT2D eigenvalue weighted by Crippen LogP contribution is 2.41. The summed E-state index contributed by atoms with van der Waals surface area (Å²) in [5.41, 5.74) is 0. The van der Waals surface area contributed by atoms with Crippen LogP contribution in [-0.4, -0.2) is 5.11 Å². The van der Waals surface area contributed by atoms with Crippen LogP contribution < -0.4 is 4.74 Å². The Balaban J connectivity index is 2.40. The van der Waals surface area contributed by atoms with Crippen molar-refractivity contribution in [3.63, 3.8) is 0 Å². The van der Waals surface area contributed by atoms with Crippen LogP contribution in [0.3, 0.4) is 0 Å². The van der Waals surface area contributed by atoms with Crippen molar-refractivity contribution in [1.82, 2.24) is 0 Å². The predicted molar refractivity (Wildman–Crippen MR) is 74.7 cm³/mol. The van der Waals surface area contributed by atoms with E-state index in [2.05, 4.69) is 0 Å². The topological polar surface area (TPSA) is 29.5 Å². The average Bonchev–Trinajstić information content (AvgIpc) is 2.25. The Bertz CT molecular complexity index is 576. The van der Waals surface area contributed by atoms with E-state index < -0.39 is 0 Å². The van der Waals surface area contributed by atoms with E-state index in [0.29, 0.717) is 20.8 Å². The molecule has 0 amide bonds. The number of phenolic OH excluding ortho intramolecular Hbond substituents is 1. The molecule has 1 N–H and O–H groups in total. The van der Waals surface area contributed by atoms with Gasteiger partial charge in [-0.3, -0.25) is 0 Å². The fourth-order valence-electron chi connectivity index (χ4n) is 1.32. The molecule has 0 unspecified atom stereocenters. The number of hydrogen-bond donors (Lipinski definition) is 1. The lowest BCUT2D eigenvalue weighted by atomic mass is 10.3. The summed E-state index contributed by atoms with van der Waals surface area (Å²) >= 11 is 23.4. The van der Waals surface area contributed by atoms with Gasteiger partial charge in [0.15, 0.2) is 11.5 Å². The molecule has 0 aliphatic carbocycles. The first-order chi connectivity index (χ1) is 8.47. The van der Waals surface area contributed by atoms with Crippen molar-refractivity contribution in [3.8, 4) is 17.2 Å². The number of ether oxygens (including phenoxy) is 1. The number of rotatable bonds is 2. The summed E-state index contributed by atoms with van der Waals surface area (Å²) in [5, 5.41) is 11.0. The molecule has 0 spiro atoms. The highest BCUT2D eigenvalue weighted by atomic mass is 35.5. The van der Waals surface area contributed by atoms with Crippen LogP contribution in [0, 0.1) is 0 Å². The minimum Gasteiger partial charge on any atom is -0.504 e. The zero-order valence-corrected chi connectivity index (χ0v) is 11.8. The van der Waals surface area contributed by atoms with E-state index in [9.17, 15) is 5.11 Å². The second kappa shape index (κ2) is 5.45. The molecule has 0 bridgehead atoms. The maximum atomic E-state index is 9.72. The predicted octanol–water partition coefficient (Wildman–Crippen LogP) is 5.80. The monoisotopic (exact) mass is 322 g/mol. The molecular weight excluding hydrogens is 318 g/mol. The number of halogens is 4. The molecule has 6 heteroatoms. The first-order valence-electron chi connectivity index (χ1n) is 4.78. The zero-order chi connectivity index (χ0) is 13.3. The molecule has 2 rings (SSSR count). The SMILES string of the molecule is Oc1cc(Cl)cc(Cl)c1Oc1ccc(Cl)cc1Cl. The van der Waals surface area contributed by atoms with Crippen LogP contribution in [0.25, 0.3) is 0 Å². The van der Waals surface area contributed by atoms with E-state index in [-0.39, 0.29) is 16.5 Å². The summed E-state index contributed by atoms with van der Waals surface area (Å²) in [6.07, 6.45) is 0. The molecule has 0 aromatic heterocycles. The van der Waals surface area contributed by atoms with Gasteiger partial charge in [-0.2, -0.15) is 0 Å². The maximum Gasteiger partial charge on any atom is 0.187 e. The zero-order valence-electron chi connectivity index (χ0n) is 8.75. The van der Waals surface area contributed by atoms with Gasteiger partial charge in [0.25, 0.3) is 0 Å². The van der Waals surface area contributed by atoms with Gasteiger partial charge >= 0.3 is 0 Å². The van der Waals surface area contributed by atoms with Gasteiger partial charge in [-0.15, -0.1) is 0 Å². The van der Waals surface area contributed by atoms with Crippen molar-refractivity contribution in [2.24, 2.45) is 0 Å². The minimum atomic E-state index is -0.168. The van der Waals surface area contributed by atoms with Crippen LogP contribution in [0.15, 0.2) is 30.3 Å². The van der Waals surface area contributed by atoms with E-state index in [1.165, 1.54) is 18.2 Å². The minimum absolute atomic E-state index is 0.0882. The number of aromatic hydroxyl groups is 1. The quantitative estimate of drug-likeness (QED) is 0.757. The molecule has 0 saturated carbocycles. The summed E-state index contributed by atoms with van der Waals surface area (Å²) in [6, 6.07) is 7.51. The summed E-state index contributed by atoms with van der Waals surface area (Å²) in [7, 11) is 0. The third kappa shape index (κ3) is 2.96. The van der Waals surface area contributed by atoms with Gasteiger partial charge in [-0.25, -0.2) is 0 Å². The molecule has 2 nitrogen and oxygen atoms in total. The Kier molecular flexibility index (Phi) is 4.13. The van der Waals surface area contributed by atoms with Crippen molar-refractivity contribution < 1.29 is 9.84 Å². The molecule has 2 aromatic rings. The van der Waals surface area contributed by atoms with Crippen LogP contribution >= 0.6 is 46.4 Å². The molecule has 0 aliphatic rings. The summed E-state index contributed by atoms with van der Waals surface area (Å²) < 4.78 is 5.45. The van der Waals surface area contributed by atoms with Gasteiger partial charge in [0.2, 0.25) is 0 Å². The van der Waals surface area contributed by atoms with Crippen LogP contribution in [0.1, 0.15) is 0 Å². The molecular formula is C12H6Cl4O2. The Morgan fingerprint density at radius 3 is 2.11 bits per heavy atom. The van der Waals surface area contributed by atoms with E-state index in [1.807, 2.05) is 0 Å². The van der Waals surface area contributed by atoms with Gasteiger partial charge in [0.05, 0.1) is 10.0 Å². The fraction of sp³-hybridized carbons (Fsp3) is 0. The Labute approximate surface area is 124 Å². The molecule has 0 aliphatic heterocycles. The highest BCUT2D eigenvalue weighted by molar-refractivity contribution is 6.36. The van der Waals surface area contributed by atoms with Crippen molar-refractivity contribution in [2.45, 2.75) is 0 Å². The molecule has 94 valence electrons. The summed E-state index contributed by atoms with van der Waals surface area (Å²) in [6.45, 7) is 0. The first kappa shape index (κ1) is 13.6. The van der Waals surface area contributed by atoms with Gasteiger partial charge in [-0.05, 0) is 24.3 Å². The van der Waals surface area contributed by atoms with Crippen molar-refractivity contribution >= 4 is 46.4 Å². The fourth-order valence-corrected chi connectivity index (χ4v) is 2.28. The van der Waals surface area contributed by atoms with Gasteiger partial charge in [-0.1, -0.05) is 46.4 Å². The van der Waals surface area contributed by atoms with E-state index in [4.69, 9.17) is 51.1 Å². The third-order valence-corrected chi connectivity index (χ3v) is 3.12. The Hall–Kier alpha value is -0.800. The van der Waals surface area contributed by atoms with Crippen molar-refractivity contribution in [2.75, 3.05) is 0 Å². The molecule has 0 atom stereocenters. The number of hydrogen-bond acceptors (Lipinski definition) is 2. The first-order valence-corrected chi connectivity index (χ1v) is 6.29. The van der Waals surface area contributed by atoms with Gasteiger partial charge in [0, 0.05) is 16.1 Å². The van der Waals surface area contributed by atoms with Crippen molar-refractivity contribution in [3.05, 3.63) is 50.4 Å². The van der Waals surface area contributed by atoms with Crippen LogP contribution in [0.4, 0.5) is 0 Å². The van der Waals surface area contributed by atoms with Crippen LogP contribution in [0.5, 0.6) is 17.2 Å². The van der Waals surface area contributed by atoms with E-state index >= 15 is 0 Å². The number of benzene rings is 2. The summed E-state index contributed by atoms with van der Waals surface area (Å²) in [4.78, 5) is 0. The lowest BCUT2D eigenvalue weighted by Gasteiger charge is -2.11. The molecule has 18 heavy (non-hydrogen) atoms. The van der Waals surface area contributed by atoms with E-state index in [1.54, 1.807) is 12.1 Å². The lowest BCUT2D eigenvalue weighted by Crippen LogP contribution is -1.87. The average molecular weight is 324 g/mol. The second-order valence-corrected chi connectivity index (χ2v) is 5.10. The lowest BCUT2D eigenvalue weighted by molar-refractivity contribution is 0.411. The van der Waals surface area contributed by atoms with Gasteiger partial charge < -0.3 is 9.84 Å². The highest BCUT2D eigenvalue weighted by Gasteiger charge is 2.13. The van der Waals surface area contributed by atoms with E-state index in [0.717, 1.165) is 0 Å². The molecule has 0 heterocycles. The number of phenols is 1. The Morgan fingerprint density at radius 2 is 1.50 bits per heavy atom. The van der Waals surface area contributed by atoms with Crippen LogP contribution in [-0.2, 0) is 0 Å². The maximum absolute atomic E-state index is 9.72. The standard InChI is InChI=1S/C12H6Cl4O2/c13-6-1-2-11(8(15)3-6)18-12-9(16)4-7(14)5-10(12)17/h1-5,17H. The Morgan fingerprint density at radius 1 is 0.833 bits per heavy atom. The van der Waals surface area contributed by atoms with Crippen molar-refractivity contribution in [1.29, 1.82) is 0 Å². The van der Waals surface area contributed by atoms with Gasteiger partial charge in [0.1, 0.15) is 5.75 Å². The molecule has 0 saturated heterocycles. The molecule has 0 radical (unpaired) electrons.